The number of ketones is 1. The lowest BCUT2D eigenvalue weighted by Crippen LogP contribution is -2.01. The van der Waals surface area contributed by atoms with Crippen LogP contribution < -0.4 is 0 Å². The SMILES string of the molecule is CCCCCSCC(=O)c1ccco1. The monoisotopic (exact) mass is 212 g/mol. The zero-order chi connectivity index (χ0) is 10.2. The lowest BCUT2D eigenvalue weighted by atomic mass is 10.3. The molecule has 1 aromatic heterocycles. The summed E-state index contributed by atoms with van der Waals surface area (Å²) in [4.78, 5) is 11.4. The highest BCUT2D eigenvalue weighted by Crippen LogP contribution is 2.10. The molecule has 0 aromatic carbocycles. The molecule has 0 amide bonds. The molecule has 0 unspecified atom stereocenters. The third-order valence-electron chi connectivity index (χ3n) is 1.92. The Kier molecular flexibility index (Phi) is 5.45. The van der Waals surface area contributed by atoms with E-state index in [4.69, 9.17) is 4.42 Å². The molecule has 0 atom stereocenters. The van der Waals surface area contributed by atoms with Gasteiger partial charge < -0.3 is 4.42 Å². The van der Waals surface area contributed by atoms with Gasteiger partial charge in [-0.1, -0.05) is 19.8 Å². The minimum atomic E-state index is 0.0940. The average molecular weight is 212 g/mol. The van der Waals surface area contributed by atoms with Gasteiger partial charge in [-0.05, 0) is 24.3 Å². The smallest absolute Gasteiger partial charge is 0.207 e. The minimum absolute atomic E-state index is 0.0940. The molecule has 0 saturated carbocycles. The quantitative estimate of drug-likeness (QED) is 0.512. The van der Waals surface area contributed by atoms with Crippen LogP contribution in [0.5, 0.6) is 0 Å². The Balaban J connectivity index is 2.10. The van der Waals surface area contributed by atoms with Crippen LogP contribution in [0.15, 0.2) is 22.8 Å². The van der Waals surface area contributed by atoms with Crippen LogP contribution in [0.25, 0.3) is 0 Å². The van der Waals surface area contributed by atoms with Crippen LogP contribution in [0.1, 0.15) is 36.7 Å². The van der Waals surface area contributed by atoms with Crippen molar-refractivity contribution in [3.05, 3.63) is 24.2 Å². The summed E-state index contributed by atoms with van der Waals surface area (Å²) >= 11 is 1.69. The summed E-state index contributed by atoms with van der Waals surface area (Å²) in [7, 11) is 0. The van der Waals surface area contributed by atoms with Crippen molar-refractivity contribution in [2.45, 2.75) is 26.2 Å². The molecule has 0 spiro atoms. The van der Waals surface area contributed by atoms with Crippen molar-refractivity contribution in [3.63, 3.8) is 0 Å². The van der Waals surface area contributed by atoms with E-state index in [0.717, 1.165) is 5.75 Å². The number of hydrogen-bond donors (Lipinski definition) is 0. The van der Waals surface area contributed by atoms with E-state index >= 15 is 0 Å². The van der Waals surface area contributed by atoms with Crippen molar-refractivity contribution < 1.29 is 9.21 Å². The summed E-state index contributed by atoms with van der Waals surface area (Å²) in [5.41, 5.74) is 0. The molecule has 2 nitrogen and oxygen atoms in total. The summed E-state index contributed by atoms with van der Waals surface area (Å²) in [6.07, 6.45) is 5.22. The molecule has 1 heterocycles. The van der Waals surface area contributed by atoms with Gasteiger partial charge in [0.05, 0.1) is 12.0 Å². The van der Waals surface area contributed by atoms with E-state index in [1.165, 1.54) is 25.5 Å². The maximum atomic E-state index is 11.4. The largest absolute Gasteiger partial charge is 0.461 e. The molecule has 0 aliphatic heterocycles. The fraction of sp³-hybridized carbons (Fsp3) is 0.545. The van der Waals surface area contributed by atoms with E-state index in [9.17, 15) is 4.79 Å². The normalized spacial score (nSPS) is 10.4. The first-order valence-corrected chi connectivity index (χ1v) is 6.14. The molecule has 0 radical (unpaired) electrons. The lowest BCUT2D eigenvalue weighted by molar-refractivity contribution is 0.0992. The van der Waals surface area contributed by atoms with Gasteiger partial charge in [0.15, 0.2) is 5.76 Å². The van der Waals surface area contributed by atoms with E-state index in [2.05, 4.69) is 6.92 Å². The maximum Gasteiger partial charge on any atom is 0.207 e. The van der Waals surface area contributed by atoms with Gasteiger partial charge in [0.25, 0.3) is 0 Å². The van der Waals surface area contributed by atoms with E-state index in [0.29, 0.717) is 11.5 Å². The second-order valence-electron chi connectivity index (χ2n) is 3.16. The zero-order valence-electron chi connectivity index (χ0n) is 8.49. The molecule has 0 N–H and O–H groups in total. The topological polar surface area (TPSA) is 30.2 Å². The molecule has 1 rings (SSSR count). The van der Waals surface area contributed by atoms with Crippen molar-refractivity contribution in [2.24, 2.45) is 0 Å². The van der Waals surface area contributed by atoms with Crippen LogP contribution in [0.2, 0.25) is 0 Å². The van der Waals surface area contributed by atoms with Gasteiger partial charge in [-0.2, -0.15) is 11.8 Å². The highest BCUT2D eigenvalue weighted by Gasteiger charge is 2.07. The fourth-order valence-corrected chi connectivity index (χ4v) is 2.01. The predicted octanol–water partition coefficient (Wildman–Crippen LogP) is 3.39. The Hall–Kier alpha value is -0.700. The van der Waals surface area contributed by atoms with Crippen molar-refractivity contribution in [1.82, 2.24) is 0 Å². The summed E-state index contributed by atoms with van der Waals surface area (Å²) in [6.45, 7) is 2.18. The Morgan fingerprint density at radius 3 is 3.00 bits per heavy atom. The molecule has 14 heavy (non-hydrogen) atoms. The van der Waals surface area contributed by atoms with Gasteiger partial charge in [0.2, 0.25) is 5.78 Å². The van der Waals surface area contributed by atoms with Crippen molar-refractivity contribution in [3.8, 4) is 0 Å². The molecular formula is C11H16O2S. The number of unbranched alkanes of at least 4 members (excludes halogenated alkanes) is 2. The van der Waals surface area contributed by atoms with Crippen LogP contribution in [-0.4, -0.2) is 17.3 Å². The number of carbonyl (C=O) groups is 1. The first kappa shape index (κ1) is 11.4. The molecule has 0 saturated heterocycles. The standard InChI is InChI=1S/C11H16O2S/c1-2-3-4-8-14-9-10(12)11-6-5-7-13-11/h5-7H,2-4,8-9H2,1H3. The number of furan rings is 1. The van der Waals surface area contributed by atoms with Gasteiger partial charge in [-0.25, -0.2) is 0 Å². The third-order valence-corrected chi connectivity index (χ3v) is 2.97. The molecule has 0 fully saturated rings. The van der Waals surface area contributed by atoms with Crippen LogP contribution >= 0.6 is 11.8 Å². The minimum Gasteiger partial charge on any atom is -0.461 e. The van der Waals surface area contributed by atoms with Gasteiger partial charge in [-0.15, -0.1) is 0 Å². The summed E-state index contributed by atoms with van der Waals surface area (Å²) in [6, 6.07) is 3.46. The fourth-order valence-electron chi connectivity index (χ4n) is 1.13. The summed E-state index contributed by atoms with van der Waals surface area (Å²) in [5.74, 6) is 2.18. The molecule has 1 aromatic rings. The third kappa shape index (κ3) is 4.01. The molecule has 3 heteroatoms. The zero-order valence-corrected chi connectivity index (χ0v) is 9.31. The maximum absolute atomic E-state index is 11.4. The Bertz CT molecular complexity index is 254. The average Bonchev–Trinajstić information content (AvgIpc) is 2.70. The number of hydrogen-bond acceptors (Lipinski definition) is 3. The van der Waals surface area contributed by atoms with E-state index in [1.807, 2.05) is 0 Å². The molecule has 78 valence electrons. The highest BCUT2D eigenvalue weighted by atomic mass is 32.2. The molecule has 0 aliphatic rings. The second-order valence-corrected chi connectivity index (χ2v) is 4.27. The first-order valence-electron chi connectivity index (χ1n) is 4.99. The Morgan fingerprint density at radius 1 is 1.50 bits per heavy atom. The highest BCUT2D eigenvalue weighted by molar-refractivity contribution is 7.99. The first-order chi connectivity index (χ1) is 6.84. The van der Waals surface area contributed by atoms with Crippen LogP contribution in [0.4, 0.5) is 0 Å². The van der Waals surface area contributed by atoms with E-state index in [1.54, 1.807) is 23.9 Å². The predicted molar refractivity (Wildman–Crippen MR) is 59.9 cm³/mol. The number of carbonyl (C=O) groups excluding carboxylic acids is 1. The van der Waals surface area contributed by atoms with E-state index < -0.39 is 0 Å². The number of Topliss-reactive ketones (excluding diaryl/α,β-unsaturated/α-hetero) is 1. The Labute approximate surface area is 89.1 Å². The van der Waals surface area contributed by atoms with Crippen LogP contribution in [0.3, 0.4) is 0 Å². The van der Waals surface area contributed by atoms with Crippen molar-refractivity contribution >= 4 is 17.5 Å². The summed E-state index contributed by atoms with van der Waals surface area (Å²) in [5, 5.41) is 0. The lowest BCUT2D eigenvalue weighted by Gasteiger charge is -1.98. The van der Waals surface area contributed by atoms with Crippen molar-refractivity contribution in [1.29, 1.82) is 0 Å². The van der Waals surface area contributed by atoms with Crippen LogP contribution in [-0.2, 0) is 0 Å². The number of thioether (sulfide) groups is 1. The molecule has 0 aliphatic carbocycles. The molecular weight excluding hydrogens is 196 g/mol. The summed E-state index contributed by atoms with van der Waals surface area (Å²) < 4.78 is 5.01. The van der Waals surface area contributed by atoms with Gasteiger partial charge in [0, 0.05) is 0 Å². The van der Waals surface area contributed by atoms with E-state index in [-0.39, 0.29) is 5.78 Å². The second kappa shape index (κ2) is 6.71. The van der Waals surface area contributed by atoms with Gasteiger partial charge in [0.1, 0.15) is 0 Å². The van der Waals surface area contributed by atoms with Crippen molar-refractivity contribution in [2.75, 3.05) is 11.5 Å². The van der Waals surface area contributed by atoms with Gasteiger partial charge in [-0.3, -0.25) is 4.79 Å². The molecule has 0 bridgehead atoms. The number of rotatable bonds is 7. The van der Waals surface area contributed by atoms with Gasteiger partial charge >= 0.3 is 0 Å². The van der Waals surface area contributed by atoms with Crippen LogP contribution in [0, 0.1) is 0 Å². The Morgan fingerprint density at radius 2 is 2.36 bits per heavy atom.